The lowest BCUT2D eigenvalue weighted by Gasteiger charge is -2.11. The molecule has 0 saturated heterocycles. The molecule has 1 saturated carbocycles. The van der Waals surface area contributed by atoms with Gasteiger partial charge in [0.2, 0.25) is 5.91 Å². The first-order valence-electron chi connectivity index (χ1n) is 7.54. The summed E-state index contributed by atoms with van der Waals surface area (Å²) in [6.07, 6.45) is 2.57. The summed E-state index contributed by atoms with van der Waals surface area (Å²) in [5.41, 5.74) is 0. The van der Waals surface area contributed by atoms with Crippen molar-refractivity contribution >= 4 is 5.91 Å². The van der Waals surface area contributed by atoms with Gasteiger partial charge >= 0.3 is 0 Å². The highest BCUT2D eigenvalue weighted by Gasteiger charge is 2.20. The lowest BCUT2D eigenvalue weighted by Crippen LogP contribution is -2.36. The number of methoxy groups -OCH3 is 2. The molecule has 1 aromatic carbocycles. The summed E-state index contributed by atoms with van der Waals surface area (Å²) < 4.78 is 15.9. The van der Waals surface area contributed by atoms with Gasteiger partial charge in [-0.3, -0.25) is 4.79 Å². The highest BCUT2D eigenvalue weighted by molar-refractivity contribution is 5.77. The predicted molar refractivity (Wildman–Crippen MR) is 83.6 cm³/mol. The third-order valence-electron chi connectivity index (χ3n) is 3.43. The van der Waals surface area contributed by atoms with Crippen LogP contribution in [-0.2, 0) is 4.79 Å². The van der Waals surface area contributed by atoms with Crippen LogP contribution in [0.3, 0.4) is 0 Å². The highest BCUT2D eigenvalue weighted by Crippen LogP contribution is 2.27. The van der Waals surface area contributed by atoms with Gasteiger partial charge in [-0.05, 0) is 25.3 Å². The average Bonchev–Trinajstić information content (AvgIpc) is 3.35. The number of nitrogens with one attached hydrogen (secondary N) is 2. The van der Waals surface area contributed by atoms with Gasteiger partial charge in [0.05, 0.1) is 27.3 Å². The molecule has 0 atom stereocenters. The first kappa shape index (κ1) is 16.4. The smallest absolute Gasteiger partial charge is 0.234 e. The van der Waals surface area contributed by atoms with Gasteiger partial charge < -0.3 is 24.8 Å². The molecule has 0 spiro atoms. The molecular weight excluding hydrogens is 284 g/mol. The standard InChI is InChI=1S/C16H24N2O4/c1-20-13-7-14(21-2)9-15(8-13)22-6-5-18-16(19)11-17-10-12-3-4-12/h7-9,12,17H,3-6,10-11H2,1-2H3,(H,18,19). The third kappa shape index (κ3) is 5.81. The summed E-state index contributed by atoms with van der Waals surface area (Å²) in [6.45, 7) is 2.16. The predicted octanol–water partition coefficient (Wildman–Crippen LogP) is 1.20. The molecule has 2 N–H and O–H groups in total. The normalized spacial score (nSPS) is 13.5. The Kier molecular flexibility index (Phi) is 6.33. The molecule has 0 unspecified atom stereocenters. The van der Waals surface area contributed by atoms with Gasteiger partial charge in [-0.1, -0.05) is 0 Å². The molecule has 1 aliphatic carbocycles. The molecule has 1 amide bonds. The van der Waals surface area contributed by atoms with E-state index in [-0.39, 0.29) is 5.91 Å². The van der Waals surface area contributed by atoms with Crippen molar-refractivity contribution in [3.8, 4) is 17.2 Å². The van der Waals surface area contributed by atoms with Crippen molar-refractivity contribution in [3.63, 3.8) is 0 Å². The number of hydrogen-bond acceptors (Lipinski definition) is 5. The molecule has 1 aliphatic rings. The first-order chi connectivity index (χ1) is 10.7. The van der Waals surface area contributed by atoms with E-state index in [1.54, 1.807) is 32.4 Å². The summed E-state index contributed by atoms with van der Waals surface area (Å²) in [7, 11) is 3.18. The Morgan fingerprint density at radius 1 is 1.14 bits per heavy atom. The molecule has 1 fully saturated rings. The van der Waals surface area contributed by atoms with Crippen molar-refractivity contribution in [1.29, 1.82) is 0 Å². The SMILES string of the molecule is COc1cc(OC)cc(OCCNC(=O)CNCC2CC2)c1. The second-order valence-electron chi connectivity index (χ2n) is 5.32. The van der Waals surface area contributed by atoms with E-state index in [1.165, 1.54) is 12.8 Å². The average molecular weight is 308 g/mol. The molecular formula is C16H24N2O4. The quantitative estimate of drug-likeness (QED) is 0.636. The fourth-order valence-electron chi connectivity index (χ4n) is 2.00. The van der Waals surface area contributed by atoms with Crippen LogP contribution >= 0.6 is 0 Å². The lowest BCUT2D eigenvalue weighted by molar-refractivity contribution is -0.120. The Bertz CT molecular complexity index is 467. The van der Waals surface area contributed by atoms with Crippen LogP contribution in [0.5, 0.6) is 17.2 Å². The largest absolute Gasteiger partial charge is 0.496 e. The van der Waals surface area contributed by atoms with Crippen molar-refractivity contribution in [3.05, 3.63) is 18.2 Å². The topological polar surface area (TPSA) is 68.8 Å². The van der Waals surface area contributed by atoms with Crippen molar-refractivity contribution in [2.45, 2.75) is 12.8 Å². The van der Waals surface area contributed by atoms with E-state index in [9.17, 15) is 4.79 Å². The number of carbonyl (C=O) groups excluding carboxylic acids is 1. The second kappa shape index (κ2) is 8.48. The lowest BCUT2D eigenvalue weighted by atomic mass is 10.3. The minimum atomic E-state index is -0.00697. The van der Waals surface area contributed by atoms with E-state index >= 15 is 0 Å². The van der Waals surface area contributed by atoms with E-state index < -0.39 is 0 Å². The summed E-state index contributed by atoms with van der Waals surface area (Å²) >= 11 is 0. The molecule has 1 aromatic rings. The van der Waals surface area contributed by atoms with Crippen LogP contribution in [0.2, 0.25) is 0 Å². The van der Waals surface area contributed by atoms with Gasteiger partial charge in [0, 0.05) is 18.2 Å². The van der Waals surface area contributed by atoms with Gasteiger partial charge in [0.15, 0.2) is 0 Å². The zero-order valence-electron chi connectivity index (χ0n) is 13.2. The molecule has 122 valence electrons. The second-order valence-corrected chi connectivity index (χ2v) is 5.32. The van der Waals surface area contributed by atoms with Gasteiger partial charge in [-0.15, -0.1) is 0 Å². The van der Waals surface area contributed by atoms with Crippen LogP contribution in [0.1, 0.15) is 12.8 Å². The molecule has 6 heteroatoms. The third-order valence-corrected chi connectivity index (χ3v) is 3.43. The monoisotopic (exact) mass is 308 g/mol. The van der Waals surface area contributed by atoms with Crippen molar-refractivity contribution in [2.75, 3.05) is 40.5 Å². The molecule has 0 bridgehead atoms. The minimum Gasteiger partial charge on any atom is -0.496 e. The number of benzene rings is 1. The summed E-state index contributed by atoms with van der Waals surface area (Å²) in [6, 6.07) is 5.34. The van der Waals surface area contributed by atoms with E-state index in [0.29, 0.717) is 36.9 Å². The molecule has 0 heterocycles. The number of amides is 1. The summed E-state index contributed by atoms with van der Waals surface area (Å²) in [5.74, 6) is 2.76. The van der Waals surface area contributed by atoms with Gasteiger partial charge in [0.25, 0.3) is 0 Å². The summed E-state index contributed by atoms with van der Waals surface area (Å²) in [5, 5.41) is 5.97. The van der Waals surface area contributed by atoms with Crippen LogP contribution < -0.4 is 24.8 Å². The zero-order chi connectivity index (χ0) is 15.8. The Morgan fingerprint density at radius 3 is 2.36 bits per heavy atom. The Hall–Kier alpha value is -1.95. The van der Waals surface area contributed by atoms with Crippen LogP contribution in [0.25, 0.3) is 0 Å². The molecule has 2 rings (SSSR count). The number of rotatable bonds is 10. The van der Waals surface area contributed by atoms with Gasteiger partial charge in [0.1, 0.15) is 23.9 Å². The Balaban J connectivity index is 1.63. The van der Waals surface area contributed by atoms with E-state index in [2.05, 4.69) is 10.6 Å². The first-order valence-corrected chi connectivity index (χ1v) is 7.54. The maximum Gasteiger partial charge on any atom is 0.234 e. The van der Waals surface area contributed by atoms with Crippen LogP contribution in [0, 0.1) is 5.92 Å². The van der Waals surface area contributed by atoms with Crippen molar-refractivity contribution in [1.82, 2.24) is 10.6 Å². The van der Waals surface area contributed by atoms with E-state index in [4.69, 9.17) is 14.2 Å². The molecule has 6 nitrogen and oxygen atoms in total. The molecule has 0 radical (unpaired) electrons. The summed E-state index contributed by atoms with van der Waals surface area (Å²) in [4.78, 5) is 11.6. The Morgan fingerprint density at radius 2 is 1.77 bits per heavy atom. The fraction of sp³-hybridized carbons (Fsp3) is 0.562. The minimum absolute atomic E-state index is 0.00697. The fourth-order valence-corrected chi connectivity index (χ4v) is 2.00. The van der Waals surface area contributed by atoms with Gasteiger partial charge in [-0.25, -0.2) is 0 Å². The Labute approximate surface area is 131 Å². The van der Waals surface area contributed by atoms with Crippen molar-refractivity contribution < 1.29 is 19.0 Å². The maximum atomic E-state index is 11.6. The van der Waals surface area contributed by atoms with Crippen molar-refractivity contribution in [2.24, 2.45) is 5.92 Å². The highest BCUT2D eigenvalue weighted by atomic mass is 16.5. The number of hydrogen-bond donors (Lipinski definition) is 2. The van der Waals surface area contributed by atoms with E-state index in [1.807, 2.05) is 0 Å². The number of carbonyl (C=O) groups is 1. The zero-order valence-corrected chi connectivity index (χ0v) is 13.2. The molecule has 0 aliphatic heterocycles. The van der Waals surface area contributed by atoms with Crippen LogP contribution in [0.15, 0.2) is 18.2 Å². The molecule has 0 aromatic heterocycles. The van der Waals surface area contributed by atoms with Crippen LogP contribution in [0.4, 0.5) is 0 Å². The van der Waals surface area contributed by atoms with E-state index in [0.717, 1.165) is 12.5 Å². The molecule has 22 heavy (non-hydrogen) atoms. The van der Waals surface area contributed by atoms with Crippen LogP contribution in [-0.4, -0.2) is 46.4 Å². The number of ether oxygens (including phenoxy) is 3. The maximum absolute atomic E-state index is 11.6. The van der Waals surface area contributed by atoms with Gasteiger partial charge in [-0.2, -0.15) is 0 Å².